The molecular formula is C16H21N3OS. The van der Waals surface area contributed by atoms with E-state index >= 15 is 0 Å². The summed E-state index contributed by atoms with van der Waals surface area (Å²) >= 11 is 1.72. The van der Waals surface area contributed by atoms with E-state index < -0.39 is 0 Å². The van der Waals surface area contributed by atoms with Crippen LogP contribution in [0, 0.1) is 0 Å². The first kappa shape index (κ1) is 13.5. The van der Waals surface area contributed by atoms with Gasteiger partial charge in [-0.25, -0.2) is 4.98 Å². The van der Waals surface area contributed by atoms with Gasteiger partial charge in [0.25, 0.3) is 5.56 Å². The number of aryl methyl sites for hydroxylation is 2. The molecule has 0 atom stereocenters. The predicted molar refractivity (Wildman–Crippen MR) is 85.1 cm³/mol. The molecule has 2 aliphatic rings. The first-order valence-electron chi connectivity index (χ1n) is 8.07. The molecule has 4 nitrogen and oxygen atoms in total. The Morgan fingerprint density at radius 1 is 1.10 bits per heavy atom. The van der Waals surface area contributed by atoms with Crippen LogP contribution in [0.1, 0.15) is 48.4 Å². The monoisotopic (exact) mass is 303 g/mol. The second-order valence-corrected chi connectivity index (χ2v) is 7.28. The smallest absolute Gasteiger partial charge is 0.259 e. The van der Waals surface area contributed by atoms with Gasteiger partial charge in [0.2, 0.25) is 0 Å². The Kier molecular flexibility index (Phi) is 3.55. The van der Waals surface area contributed by atoms with Crippen LogP contribution in [0.3, 0.4) is 0 Å². The summed E-state index contributed by atoms with van der Waals surface area (Å²) in [6, 6.07) is 1.75. The van der Waals surface area contributed by atoms with Gasteiger partial charge in [-0.1, -0.05) is 6.42 Å². The van der Waals surface area contributed by atoms with E-state index in [0.717, 1.165) is 43.1 Å². The minimum atomic E-state index is 0.117. The molecule has 0 spiro atoms. The fourth-order valence-corrected chi connectivity index (χ4v) is 4.80. The van der Waals surface area contributed by atoms with Crippen molar-refractivity contribution in [2.75, 3.05) is 13.1 Å². The molecular weight excluding hydrogens is 282 g/mol. The van der Waals surface area contributed by atoms with Gasteiger partial charge < -0.3 is 0 Å². The third-order valence-corrected chi connectivity index (χ3v) is 5.79. The highest BCUT2D eigenvalue weighted by Crippen LogP contribution is 2.28. The molecule has 0 radical (unpaired) electrons. The van der Waals surface area contributed by atoms with E-state index in [0.29, 0.717) is 0 Å². The highest BCUT2D eigenvalue weighted by atomic mass is 32.1. The van der Waals surface area contributed by atoms with Crippen molar-refractivity contribution in [2.24, 2.45) is 0 Å². The van der Waals surface area contributed by atoms with Crippen molar-refractivity contribution < 1.29 is 0 Å². The number of piperidine rings is 1. The quantitative estimate of drug-likeness (QED) is 0.856. The lowest BCUT2D eigenvalue weighted by molar-refractivity contribution is 0.218. The van der Waals surface area contributed by atoms with E-state index in [1.54, 1.807) is 17.4 Å². The van der Waals surface area contributed by atoms with E-state index in [1.807, 2.05) is 4.40 Å². The van der Waals surface area contributed by atoms with Crippen LogP contribution in [0.5, 0.6) is 0 Å². The number of aromatic nitrogens is 2. The van der Waals surface area contributed by atoms with Gasteiger partial charge in [0.1, 0.15) is 0 Å². The molecule has 4 rings (SSSR count). The van der Waals surface area contributed by atoms with Crippen LogP contribution in [0.4, 0.5) is 0 Å². The Balaban J connectivity index is 1.70. The number of rotatable bonds is 2. The number of hydrogen-bond donors (Lipinski definition) is 0. The zero-order valence-electron chi connectivity index (χ0n) is 12.3. The molecule has 3 heterocycles. The second kappa shape index (κ2) is 5.54. The molecule has 0 amide bonds. The highest BCUT2D eigenvalue weighted by Gasteiger charge is 2.19. The van der Waals surface area contributed by atoms with Gasteiger partial charge in [-0.05, 0) is 51.6 Å². The molecule has 2 aromatic rings. The number of hydrogen-bond acceptors (Lipinski definition) is 4. The molecule has 0 bridgehead atoms. The van der Waals surface area contributed by atoms with Gasteiger partial charge in [-0.3, -0.25) is 14.1 Å². The first-order valence-corrected chi connectivity index (χ1v) is 8.88. The zero-order chi connectivity index (χ0) is 14.2. The summed E-state index contributed by atoms with van der Waals surface area (Å²) in [4.78, 5) is 22.0. The van der Waals surface area contributed by atoms with Gasteiger partial charge in [0.05, 0.1) is 5.69 Å². The average Bonchev–Trinajstić information content (AvgIpc) is 2.87. The number of nitrogens with zero attached hydrogens (tertiary/aromatic N) is 3. The third kappa shape index (κ3) is 2.53. The summed E-state index contributed by atoms with van der Waals surface area (Å²) in [6.07, 6.45) is 8.47. The maximum absolute atomic E-state index is 12.5. The van der Waals surface area contributed by atoms with Crippen LogP contribution in [-0.2, 0) is 19.4 Å². The summed E-state index contributed by atoms with van der Waals surface area (Å²) in [5.74, 6) is 0. The molecule has 0 unspecified atom stereocenters. The fraction of sp³-hybridized carbons (Fsp3) is 0.625. The van der Waals surface area contributed by atoms with Crippen LogP contribution in [0.2, 0.25) is 0 Å². The molecule has 0 N–H and O–H groups in total. The first-order chi connectivity index (χ1) is 10.3. The van der Waals surface area contributed by atoms with Crippen molar-refractivity contribution in [3.63, 3.8) is 0 Å². The summed E-state index contributed by atoms with van der Waals surface area (Å²) in [7, 11) is 0. The molecule has 21 heavy (non-hydrogen) atoms. The van der Waals surface area contributed by atoms with Gasteiger partial charge in [-0.15, -0.1) is 11.3 Å². The number of likely N-dealkylation sites (tertiary alicyclic amines) is 1. The topological polar surface area (TPSA) is 37.6 Å². The average molecular weight is 303 g/mol. The number of fused-ring (bicyclic) bond motifs is 3. The lowest BCUT2D eigenvalue weighted by Crippen LogP contribution is -2.30. The van der Waals surface area contributed by atoms with Gasteiger partial charge in [-0.2, -0.15) is 0 Å². The van der Waals surface area contributed by atoms with Crippen LogP contribution < -0.4 is 5.56 Å². The standard InChI is InChI=1S/C16H21N3OS/c20-15-10-12(11-18-8-4-1-5-9-18)17-16-19(15)13-6-2-3-7-14(13)21-16/h10H,1-9,11H2. The fourth-order valence-electron chi connectivity index (χ4n) is 3.57. The van der Waals surface area contributed by atoms with Crippen molar-refractivity contribution in [3.8, 4) is 0 Å². The molecule has 0 aromatic carbocycles. The summed E-state index contributed by atoms with van der Waals surface area (Å²) in [5, 5.41) is 0. The zero-order valence-corrected chi connectivity index (χ0v) is 13.1. The van der Waals surface area contributed by atoms with Gasteiger partial charge in [0, 0.05) is 23.2 Å². The normalized spacial score (nSPS) is 19.8. The maximum Gasteiger partial charge on any atom is 0.259 e. The Morgan fingerprint density at radius 2 is 1.90 bits per heavy atom. The minimum absolute atomic E-state index is 0.117. The lowest BCUT2D eigenvalue weighted by atomic mass is 10.0. The van der Waals surface area contributed by atoms with Crippen molar-refractivity contribution in [2.45, 2.75) is 51.5 Å². The molecule has 2 aromatic heterocycles. The van der Waals surface area contributed by atoms with Crippen LogP contribution in [0.25, 0.3) is 4.96 Å². The highest BCUT2D eigenvalue weighted by molar-refractivity contribution is 7.17. The summed E-state index contributed by atoms with van der Waals surface area (Å²) in [6.45, 7) is 3.11. The van der Waals surface area contributed by atoms with Crippen LogP contribution >= 0.6 is 11.3 Å². The predicted octanol–water partition coefficient (Wildman–Crippen LogP) is 2.62. The van der Waals surface area contributed by atoms with Gasteiger partial charge in [0.15, 0.2) is 4.96 Å². The van der Waals surface area contributed by atoms with E-state index in [2.05, 4.69) is 4.90 Å². The van der Waals surface area contributed by atoms with Crippen molar-refractivity contribution >= 4 is 16.3 Å². The molecule has 1 aliphatic heterocycles. The van der Waals surface area contributed by atoms with Crippen molar-refractivity contribution in [1.82, 2.24) is 14.3 Å². The Hall–Kier alpha value is -1.20. The molecule has 1 saturated heterocycles. The van der Waals surface area contributed by atoms with E-state index in [-0.39, 0.29) is 5.56 Å². The molecule has 0 saturated carbocycles. The lowest BCUT2D eigenvalue weighted by Gasteiger charge is -2.25. The van der Waals surface area contributed by atoms with Crippen LogP contribution in [-0.4, -0.2) is 27.4 Å². The molecule has 112 valence electrons. The van der Waals surface area contributed by atoms with Crippen molar-refractivity contribution in [3.05, 3.63) is 32.7 Å². The van der Waals surface area contributed by atoms with E-state index in [4.69, 9.17) is 4.98 Å². The number of thiazole rings is 1. The SMILES string of the molecule is O=c1cc(CN2CCCCC2)nc2sc3c(n12)CCCC3. The van der Waals surface area contributed by atoms with Crippen molar-refractivity contribution in [1.29, 1.82) is 0 Å². The third-order valence-electron chi connectivity index (χ3n) is 4.65. The minimum Gasteiger partial charge on any atom is -0.298 e. The Morgan fingerprint density at radius 3 is 2.76 bits per heavy atom. The summed E-state index contributed by atoms with van der Waals surface area (Å²) in [5.41, 5.74) is 2.29. The largest absolute Gasteiger partial charge is 0.298 e. The Labute approximate surface area is 128 Å². The van der Waals surface area contributed by atoms with Crippen LogP contribution in [0.15, 0.2) is 10.9 Å². The second-order valence-electron chi connectivity index (χ2n) is 6.22. The maximum atomic E-state index is 12.5. The van der Waals surface area contributed by atoms with Gasteiger partial charge >= 0.3 is 0 Å². The molecule has 1 fully saturated rings. The van der Waals surface area contributed by atoms with E-state index in [1.165, 1.54) is 42.7 Å². The Bertz CT molecular complexity index is 712. The molecule has 1 aliphatic carbocycles. The van der Waals surface area contributed by atoms with E-state index in [9.17, 15) is 4.79 Å². The summed E-state index contributed by atoms with van der Waals surface area (Å²) < 4.78 is 1.86. The molecule has 5 heteroatoms.